The maximum absolute atomic E-state index is 5.72. The van der Waals surface area contributed by atoms with Crippen LogP contribution in [0.3, 0.4) is 0 Å². The van der Waals surface area contributed by atoms with Gasteiger partial charge in [0.15, 0.2) is 0 Å². The Morgan fingerprint density at radius 2 is 2.00 bits per heavy atom. The maximum Gasteiger partial charge on any atom is 0.125 e. The lowest BCUT2D eigenvalue weighted by Gasteiger charge is -2.30. The Hall–Kier alpha value is -1.44. The molecule has 1 N–H and O–H groups in total. The van der Waals surface area contributed by atoms with Crippen LogP contribution >= 0.6 is 0 Å². The normalized spacial score (nSPS) is 16.3. The molecule has 0 saturated carbocycles. The summed E-state index contributed by atoms with van der Waals surface area (Å²) in [6, 6.07) is 2.18. The minimum atomic E-state index is 0.0268. The smallest absolute Gasteiger partial charge is 0.125 e. The molecule has 0 unspecified atom stereocenters. The molecule has 0 spiro atoms. The molecule has 92 valence electrons. The van der Waals surface area contributed by atoms with E-state index in [9.17, 15) is 0 Å². The van der Waals surface area contributed by atoms with E-state index in [4.69, 9.17) is 4.74 Å². The fraction of sp³-hybridized carbons (Fsp3) is 0.467. The van der Waals surface area contributed by atoms with Crippen LogP contribution in [-0.2, 0) is 0 Å². The molecule has 1 aromatic carbocycles. The first kappa shape index (κ1) is 12.0. The average Bonchev–Trinajstić information content (AvgIpc) is 2.22. The van der Waals surface area contributed by atoms with Crippen LogP contribution in [0.4, 0.5) is 5.69 Å². The van der Waals surface area contributed by atoms with Gasteiger partial charge in [0, 0.05) is 16.8 Å². The molecule has 0 bridgehead atoms. The van der Waals surface area contributed by atoms with E-state index >= 15 is 0 Å². The number of fused-ring (bicyclic) bond motifs is 1. The van der Waals surface area contributed by atoms with Crippen molar-refractivity contribution in [3.63, 3.8) is 0 Å². The molecule has 1 heterocycles. The second-order valence-corrected chi connectivity index (χ2v) is 5.22. The quantitative estimate of drug-likeness (QED) is 0.833. The molecule has 1 aromatic rings. The standard InChI is InChI=1S/C15H21NO/c1-6-17-14-10(2)9-13-12(11(14)3)7-8-15(4,5)16-13/h7-9,16H,6H2,1-5H3. The number of nitrogens with one attached hydrogen (secondary N) is 1. The number of benzene rings is 1. The summed E-state index contributed by atoms with van der Waals surface area (Å²) in [6.07, 6.45) is 4.40. The zero-order chi connectivity index (χ0) is 12.6. The third kappa shape index (κ3) is 2.17. The van der Waals surface area contributed by atoms with Gasteiger partial charge in [0.05, 0.1) is 12.1 Å². The average molecular weight is 231 g/mol. The highest BCUT2D eigenvalue weighted by Gasteiger charge is 2.22. The van der Waals surface area contributed by atoms with Gasteiger partial charge in [-0.1, -0.05) is 12.2 Å². The summed E-state index contributed by atoms with van der Waals surface area (Å²) in [4.78, 5) is 0. The van der Waals surface area contributed by atoms with E-state index in [0.29, 0.717) is 6.61 Å². The van der Waals surface area contributed by atoms with Gasteiger partial charge in [-0.15, -0.1) is 0 Å². The molecule has 1 aliphatic heterocycles. The van der Waals surface area contributed by atoms with Crippen LogP contribution < -0.4 is 10.1 Å². The van der Waals surface area contributed by atoms with Crippen LogP contribution in [0.5, 0.6) is 5.75 Å². The number of rotatable bonds is 2. The predicted octanol–water partition coefficient (Wildman–Crippen LogP) is 3.92. The van der Waals surface area contributed by atoms with Crippen LogP contribution in [0, 0.1) is 13.8 Å². The summed E-state index contributed by atoms with van der Waals surface area (Å²) >= 11 is 0. The maximum atomic E-state index is 5.72. The van der Waals surface area contributed by atoms with Crippen molar-refractivity contribution >= 4 is 11.8 Å². The van der Waals surface area contributed by atoms with Crippen LogP contribution in [0.15, 0.2) is 12.1 Å². The lowest BCUT2D eigenvalue weighted by atomic mass is 9.92. The molecule has 0 radical (unpaired) electrons. The Balaban J connectivity index is 2.54. The van der Waals surface area contributed by atoms with Gasteiger partial charge in [0.2, 0.25) is 0 Å². The Kier molecular flexibility index (Phi) is 2.90. The molecular formula is C15H21NO. The van der Waals surface area contributed by atoms with Gasteiger partial charge in [0.25, 0.3) is 0 Å². The second kappa shape index (κ2) is 4.10. The lowest BCUT2D eigenvalue weighted by molar-refractivity contribution is 0.335. The topological polar surface area (TPSA) is 21.3 Å². The molecule has 2 nitrogen and oxygen atoms in total. The van der Waals surface area contributed by atoms with E-state index in [-0.39, 0.29) is 5.54 Å². The molecule has 0 fully saturated rings. The van der Waals surface area contributed by atoms with Crippen molar-refractivity contribution in [2.45, 2.75) is 40.2 Å². The van der Waals surface area contributed by atoms with Crippen molar-refractivity contribution in [1.29, 1.82) is 0 Å². The van der Waals surface area contributed by atoms with E-state index in [1.165, 1.54) is 22.4 Å². The number of aryl methyl sites for hydroxylation is 1. The number of hydrogen-bond donors (Lipinski definition) is 1. The van der Waals surface area contributed by atoms with Crippen molar-refractivity contribution in [3.8, 4) is 5.75 Å². The molecule has 0 amide bonds. The lowest BCUT2D eigenvalue weighted by Crippen LogP contribution is -2.30. The van der Waals surface area contributed by atoms with E-state index in [1.54, 1.807) is 0 Å². The Morgan fingerprint density at radius 1 is 1.29 bits per heavy atom. The first-order chi connectivity index (χ1) is 7.94. The minimum absolute atomic E-state index is 0.0268. The Bertz CT molecular complexity index is 472. The zero-order valence-electron chi connectivity index (χ0n) is 11.3. The zero-order valence-corrected chi connectivity index (χ0v) is 11.3. The largest absolute Gasteiger partial charge is 0.493 e. The van der Waals surface area contributed by atoms with Crippen LogP contribution in [0.2, 0.25) is 0 Å². The van der Waals surface area contributed by atoms with Crippen molar-refractivity contribution in [2.75, 3.05) is 11.9 Å². The Labute approximate surface area is 104 Å². The van der Waals surface area contributed by atoms with E-state index in [0.717, 1.165) is 5.75 Å². The van der Waals surface area contributed by atoms with E-state index in [2.05, 4.69) is 51.2 Å². The third-order valence-electron chi connectivity index (χ3n) is 3.17. The molecule has 0 saturated heterocycles. The van der Waals surface area contributed by atoms with Crippen molar-refractivity contribution in [1.82, 2.24) is 0 Å². The van der Waals surface area contributed by atoms with Gasteiger partial charge in [-0.3, -0.25) is 0 Å². The minimum Gasteiger partial charge on any atom is -0.493 e. The number of hydrogen-bond acceptors (Lipinski definition) is 2. The van der Waals surface area contributed by atoms with Gasteiger partial charge >= 0.3 is 0 Å². The first-order valence-corrected chi connectivity index (χ1v) is 6.19. The molecule has 2 rings (SSSR count). The van der Waals surface area contributed by atoms with Crippen molar-refractivity contribution in [2.24, 2.45) is 0 Å². The number of ether oxygens (including phenoxy) is 1. The van der Waals surface area contributed by atoms with E-state index < -0.39 is 0 Å². The summed E-state index contributed by atoms with van der Waals surface area (Å²) in [5.74, 6) is 1.03. The van der Waals surface area contributed by atoms with Gasteiger partial charge < -0.3 is 10.1 Å². The highest BCUT2D eigenvalue weighted by Crippen LogP contribution is 2.37. The molecular weight excluding hydrogens is 210 g/mol. The summed E-state index contributed by atoms with van der Waals surface area (Å²) in [5.41, 5.74) is 4.90. The molecule has 0 atom stereocenters. The summed E-state index contributed by atoms with van der Waals surface area (Å²) in [5, 5.41) is 3.54. The SMILES string of the molecule is CCOc1c(C)cc2c(c1C)C=CC(C)(C)N2. The van der Waals surface area contributed by atoms with Gasteiger partial charge in [-0.05, 0) is 46.2 Å². The molecule has 17 heavy (non-hydrogen) atoms. The van der Waals surface area contributed by atoms with Crippen LogP contribution in [0.25, 0.3) is 6.08 Å². The summed E-state index contributed by atoms with van der Waals surface area (Å²) in [7, 11) is 0. The molecule has 0 aliphatic carbocycles. The molecule has 0 aromatic heterocycles. The summed E-state index contributed by atoms with van der Waals surface area (Å²) < 4.78 is 5.72. The summed E-state index contributed by atoms with van der Waals surface area (Å²) in [6.45, 7) is 11.3. The third-order valence-corrected chi connectivity index (χ3v) is 3.17. The molecule has 2 heteroatoms. The fourth-order valence-corrected chi connectivity index (χ4v) is 2.34. The van der Waals surface area contributed by atoms with Crippen LogP contribution in [-0.4, -0.2) is 12.1 Å². The van der Waals surface area contributed by atoms with Crippen molar-refractivity contribution < 1.29 is 4.74 Å². The number of anilines is 1. The van der Waals surface area contributed by atoms with E-state index in [1.807, 2.05) is 6.92 Å². The highest BCUT2D eigenvalue weighted by atomic mass is 16.5. The second-order valence-electron chi connectivity index (χ2n) is 5.22. The monoisotopic (exact) mass is 231 g/mol. The highest BCUT2D eigenvalue weighted by molar-refractivity contribution is 5.77. The van der Waals surface area contributed by atoms with Crippen molar-refractivity contribution in [3.05, 3.63) is 28.8 Å². The molecule has 1 aliphatic rings. The Morgan fingerprint density at radius 3 is 2.65 bits per heavy atom. The van der Waals surface area contributed by atoms with Gasteiger partial charge in [-0.25, -0.2) is 0 Å². The fourth-order valence-electron chi connectivity index (χ4n) is 2.34. The van der Waals surface area contributed by atoms with Gasteiger partial charge in [-0.2, -0.15) is 0 Å². The predicted molar refractivity (Wildman–Crippen MR) is 73.8 cm³/mol. The van der Waals surface area contributed by atoms with Crippen LogP contribution in [0.1, 0.15) is 37.5 Å². The first-order valence-electron chi connectivity index (χ1n) is 6.19. The van der Waals surface area contributed by atoms with Gasteiger partial charge in [0.1, 0.15) is 5.75 Å².